The van der Waals surface area contributed by atoms with E-state index in [1.165, 1.54) is 4.57 Å². The number of nitrogens with one attached hydrogen (secondary N) is 2. The molecule has 0 bridgehead atoms. The standard InChI is InChI=1S/C18H19N3O4/c1-10(2)21-16-15(17(22)20-18(21)23)12(7-8-19-16)11-5-6-13(24-3)14(9-11)25-4/h5-10H,1-4H3,(H,20,22,23)/p+1. The molecule has 2 N–H and O–H groups in total. The minimum absolute atomic E-state index is 0.108. The zero-order chi connectivity index (χ0) is 18.1. The molecule has 0 saturated heterocycles. The summed E-state index contributed by atoms with van der Waals surface area (Å²) in [4.78, 5) is 30.1. The minimum atomic E-state index is -0.437. The van der Waals surface area contributed by atoms with Crippen LogP contribution in [0.5, 0.6) is 11.5 Å². The molecule has 0 radical (unpaired) electrons. The summed E-state index contributed by atoms with van der Waals surface area (Å²) in [7, 11) is 3.12. The number of H-pyrrole nitrogens is 2. The maximum absolute atomic E-state index is 12.5. The smallest absolute Gasteiger partial charge is 0.416 e. The molecule has 1 aromatic carbocycles. The Morgan fingerprint density at radius 1 is 1.08 bits per heavy atom. The molecule has 130 valence electrons. The lowest BCUT2D eigenvalue weighted by Crippen LogP contribution is -2.34. The Bertz CT molecular complexity index is 1050. The lowest BCUT2D eigenvalue weighted by atomic mass is 10.0. The van der Waals surface area contributed by atoms with Crippen LogP contribution in [0.25, 0.3) is 22.2 Å². The van der Waals surface area contributed by atoms with E-state index >= 15 is 0 Å². The van der Waals surface area contributed by atoms with Crippen LogP contribution >= 0.6 is 0 Å². The van der Waals surface area contributed by atoms with E-state index in [0.29, 0.717) is 28.1 Å². The zero-order valence-electron chi connectivity index (χ0n) is 14.5. The van der Waals surface area contributed by atoms with Gasteiger partial charge in [-0.15, -0.1) is 0 Å². The number of fused-ring (bicyclic) bond motifs is 1. The third kappa shape index (κ3) is 2.77. The molecular formula is C18H20N3O4+. The molecule has 25 heavy (non-hydrogen) atoms. The summed E-state index contributed by atoms with van der Waals surface area (Å²) in [6.07, 6.45) is 1.71. The number of hydrogen-bond acceptors (Lipinski definition) is 4. The molecule has 0 atom stereocenters. The highest BCUT2D eigenvalue weighted by atomic mass is 16.5. The van der Waals surface area contributed by atoms with Gasteiger partial charge in [0, 0.05) is 5.56 Å². The topological polar surface area (TPSA) is 87.5 Å². The second kappa shape index (κ2) is 6.43. The van der Waals surface area contributed by atoms with Crippen molar-refractivity contribution in [2.24, 2.45) is 0 Å². The van der Waals surface area contributed by atoms with Crippen molar-refractivity contribution in [1.82, 2.24) is 9.55 Å². The number of pyridine rings is 1. The van der Waals surface area contributed by atoms with E-state index in [2.05, 4.69) is 9.97 Å². The molecule has 0 spiro atoms. The molecule has 3 aromatic rings. The van der Waals surface area contributed by atoms with Crippen LogP contribution in [0.4, 0.5) is 0 Å². The van der Waals surface area contributed by atoms with Gasteiger partial charge in [0.2, 0.25) is 0 Å². The zero-order valence-corrected chi connectivity index (χ0v) is 14.5. The molecule has 7 heteroatoms. The first kappa shape index (κ1) is 16.8. The number of hydrogen-bond donors (Lipinski definition) is 1. The van der Waals surface area contributed by atoms with Crippen LogP contribution in [0.1, 0.15) is 19.9 Å². The van der Waals surface area contributed by atoms with Crippen molar-refractivity contribution in [3.8, 4) is 22.6 Å². The Balaban J connectivity index is 2.37. The molecule has 0 saturated carbocycles. The van der Waals surface area contributed by atoms with Gasteiger partial charge in [-0.25, -0.2) is 9.78 Å². The predicted octanol–water partition coefficient (Wildman–Crippen LogP) is 1.77. The van der Waals surface area contributed by atoms with Crippen LogP contribution in [0.2, 0.25) is 0 Å². The molecule has 0 fully saturated rings. The van der Waals surface area contributed by atoms with Gasteiger partial charge in [-0.05, 0) is 37.6 Å². The van der Waals surface area contributed by atoms with Crippen molar-refractivity contribution < 1.29 is 14.5 Å². The summed E-state index contributed by atoms with van der Waals surface area (Å²) in [5, 5.41) is 0.419. The first-order valence-electron chi connectivity index (χ1n) is 7.89. The van der Waals surface area contributed by atoms with Crippen molar-refractivity contribution in [2.45, 2.75) is 19.9 Å². The van der Waals surface area contributed by atoms with Crippen LogP contribution < -0.4 is 25.7 Å². The highest BCUT2D eigenvalue weighted by molar-refractivity contribution is 5.90. The molecule has 2 heterocycles. The number of aromatic amines is 2. The lowest BCUT2D eigenvalue weighted by molar-refractivity contribution is -0.350. The maximum Gasteiger partial charge on any atom is 0.416 e. The average molecular weight is 342 g/mol. The van der Waals surface area contributed by atoms with Crippen LogP contribution in [-0.2, 0) is 0 Å². The summed E-state index contributed by atoms with van der Waals surface area (Å²) in [6, 6.07) is 7.12. The Hall–Kier alpha value is -3.09. The number of ether oxygens (including phenoxy) is 2. The third-order valence-electron chi connectivity index (χ3n) is 4.09. The van der Waals surface area contributed by atoms with Gasteiger partial charge in [0.1, 0.15) is 11.4 Å². The fourth-order valence-corrected chi connectivity index (χ4v) is 2.97. The van der Waals surface area contributed by atoms with Gasteiger partial charge in [0.15, 0.2) is 11.5 Å². The molecule has 3 rings (SSSR count). The molecule has 0 aliphatic carbocycles. The monoisotopic (exact) mass is 342 g/mol. The van der Waals surface area contributed by atoms with Gasteiger partial charge in [-0.2, -0.15) is 4.57 Å². The van der Waals surface area contributed by atoms with Gasteiger partial charge in [-0.3, -0.25) is 9.78 Å². The first-order chi connectivity index (χ1) is 12.0. The predicted molar refractivity (Wildman–Crippen MR) is 94.3 cm³/mol. The van der Waals surface area contributed by atoms with Crippen molar-refractivity contribution in [3.05, 3.63) is 51.3 Å². The molecule has 2 aromatic heterocycles. The molecule has 0 unspecified atom stereocenters. The largest absolute Gasteiger partial charge is 0.493 e. The highest BCUT2D eigenvalue weighted by Gasteiger charge is 2.21. The Kier molecular flexibility index (Phi) is 4.31. The molecule has 7 nitrogen and oxygen atoms in total. The second-order valence-electron chi connectivity index (χ2n) is 5.91. The highest BCUT2D eigenvalue weighted by Crippen LogP contribution is 2.33. The van der Waals surface area contributed by atoms with Gasteiger partial charge < -0.3 is 9.47 Å². The van der Waals surface area contributed by atoms with E-state index in [4.69, 9.17) is 9.47 Å². The van der Waals surface area contributed by atoms with E-state index in [9.17, 15) is 9.59 Å². The lowest BCUT2D eigenvalue weighted by Gasteiger charge is -2.11. The van der Waals surface area contributed by atoms with E-state index in [1.54, 1.807) is 38.6 Å². The van der Waals surface area contributed by atoms with Crippen molar-refractivity contribution in [1.29, 1.82) is 0 Å². The Morgan fingerprint density at radius 2 is 1.80 bits per heavy atom. The van der Waals surface area contributed by atoms with Gasteiger partial charge in [-0.1, -0.05) is 6.07 Å². The second-order valence-corrected chi connectivity index (χ2v) is 5.91. The fraction of sp³-hybridized carbons (Fsp3) is 0.278. The molecule has 0 aliphatic rings. The SMILES string of the molecule is COc1ccc(-c2cc[nH+]c3c2c(=O)[nH]c(=O)n3C(C)C)cc1OC. The van der Waals surface area contributed by atoms with E-state index in [-0.39, 0.29) is 6.04 Å². The first-order valence-corrected chi connectivity index (χ1v) is 7.89. The van der Waals surface area contributed by atoms with Gasteiger partial charge in [0.25, 0.3) is 11.2 Å². The Morgan fingerprint density at radius 3 is 2.44 bits per heavy atom. The normalized spacial score (nSPS) is 11.1. The van der Waals surface area contributed by atoms with E-state index in [0.717, 1.165) is 5.56 Å². The van der Waals surface area contributed by atoms with Crippen LogP contribution in [0.15, 0.2) is 40.1 Å². The quantitative estimate of drug-likeness (QED) is 0.783. The minimum Gasteiger partial charge on any atom is -0.493 e. The average Bonchev–Trinajstić information content (AvgIpc) is 2.60. The summed E-state index contributed by atoms with van der Waals surface area (Å²) in [6.45, 7) is 3.77. The van der Waals surface area contributed by atoms with E-state index < -0.39 is 11.2 Å². The number of nitrogens with zero attached hydrogens (tertiary/aromatic N) is 1. The third-order valence-corrected chi connectivity index (χ3v) is 4.09. The fourth-order valence-electron chi connectivity index (χ4n) is 2.97. The van der Waals surface area contributed by atoms with Crippen LogP contribution in [0, 0.1) is 0 Å². The molecule has 0 aliphatic heterocycles. The summed E-state index contributed by atoms with van der Waals surface area (Å²) < 4.78 is 12.1. The van der Waals surface area contributed by atoms with Gasteiger partial charge in [0.05, 0.1) is 20.4 Å². The summed E-state index contributed by atoms with van der Waals surface area (Å²) >= 11 is 0. The summed E-state index contributed by atoms with van der Waals surface area (Å²) in [5.74, 6) is 1.17. The van der Waals surface area contributed by atoms with Crippen molar-refractivity contribution in [3.63, 3.8) is 0 Å². The number of aromatic nitrogens is 3. The maximum atomic E-state index is 12.5. The van der Waals surface area contributed by atoms with E-state index in [1.807, 2.05) is 19.9 Å². The number of rotatable bonds is 4. The van der Waals surface area contributed by atoms with Crippen molar-refractivity contribution in [2.75, 3.05) is 14.2 Å². The van der Waals surface area contributed by atoms with Crippen LogP contribution in [0.3, 0.4) is 0 Å². The van der Waals surface area contributed by atoms with Gasteiger partial charge >= 0.3 is 5.69 Å². The molecular weight excluding hydrogens is 322 g/mol. The van der Waals surface area contributed by atoms with Crippen LogP contribution in [-0.4, -0.2) is 23.8 Å². The summed E-state index contributed by atoms with van der Waals surface area (Å²) in [5.41, 5.74) is 1.10. The number of methoxy groups -OCH3 is 2. The van der Waals surface area contributed by atoms with Crippen molar-refractivity contribution >= 4 is 11.0 Å². The Labute approximate surface area is 143 Å². The molecule has 0 amide bonds. The number of benzene rings is 1.